The Balaban J connectivity index is 1.75. The van der Waals surface area contributed by atoms with Gasteiger partial charge in [-0.3, -0.25) is 4.98 Å². The zero-order chi connectivity index (χ0) is 21.1. The van der Waals surface area contributed by atoms with E-state index in [-0.39, 0.29) is 5.97 Å². The van der Waals surface area contributed by atoms with Crippen molar-refractivity contribution in [1.29, 1.82) is 0 Å². The van der Waals surface area contributed by atoms with E-state index < -0.39 is 5.60 Å². The Morgan fingerprint density at radius 3 is 2.37 bits per heavy atom. The molecule has 0 aliphatic heterocycles. The van der Waals surface area contributed by atoms with Crippen LogP contribution < -0.4 is 5.32 Å². The minimum Gasteiger partial charge on any atom is -0.456 e. The van der Waals surface area contributed by atoms with Gasteiger partial charge in [0.2, 0.25) is 0 Å². The van der Waals surface area contributed by atoms with E-state index >= 15 is 0 Å². The number of para-hydroxylation sites is 1. The number of aromatic nitrogens is 1. The van der Waals surface area contributed by atoms with Crippen molar-refractivity contribution in [3.63, 3.8) is 0 Å². The summed E-state index contributed by atoms with van der Waals surface area (Å²) >= 11 is 0. The van der Waals surface area contributed by atoms with Gasteiger partial charge in [0.05, 0.1) is 28.7 Å². The molecule has 30 heavy (non-hydrogen) atoms. The van der Waals surface area contributed by atoms with Crippen molar-refractivity contribution in [3.8, 4) is 11.1 Å². The fourth-order valence-electron chi connectivity index (χ4n) is 3.26. The molecule has 0 atom stereocenters. The minimum atomic E-state index is -0.572. The Morgan fingerprint density at radius 2 is 1.60 bits per heavy atom. The average Bonchev–Trinajstić information content (AvgIpc) is 2.73. The highest BCUT2D eigenvalue weighted by molar-refractivity contribution is 5.98. The second-order valence-electron chi connectivity index (χ2n) is 8.17. The van der Waals surface area contributed by atoms with E-state index in [9.17, 15) is 4.79 Å². The summed E-state index contributed by atoms with van der Waals surface area (Å²) in [4.78, 5) is 17.4. The van der Waals surface area contributed by atoms with Gasteiger partial charge in [-0.05, 0) is 56.2 Å². The first kappa shape index (κ1) is 19.6. The number of carbonyl (C=O) groups excluding carboxylic acids is 1. The lowest BCUT2D eigenvalue weighted by Crippen LogP contribution is -2.24. The van der Waals surface area contributed by atoms with E-state index in [1.54, 1.807) is 6.20 Å². The van der Waals surface area contributed by atoms with E-state index in [0.717, 1.165) is 27.7 Å². The van der Waals surface area contributed by atoms with E-state index in [0.29, 0.717) is 11.3 Å². The minimum absolute atomic E-state index is 0.363. The van der Waals surface area contributed by atoms with E-state index in [4.69, 9.17) is 4.74 Å². The van der Waals surface area contributed by atoms with Crippen molar-refractivity contribution in [1.82, 2.24) is 4.98 Å². The second-order valence-corrected chi connectivity index (χ2v) is 8.17. The lowest BCUT2D eigenvalue weighted by Gasteiger charge is -2.21. The molecule has 4 rings (SSSR count). The zero-order valence-corrected chi connectivity index (χ0v) is 17.3. The Labute approximate surface area is 176 Å². The SMILES string of the molecule is CC(C)(C)OC(=O)c1ccc(-c2ccccc2)cc1Nc1cnc2ccccc2c1. The molecule has 1 N–H and O–H groups in total. The number of esters is 1. The number of pyridine rings is 1. The van der Waals surface area contributed by atoms with E-state index in [1.807, 2.05) is 99.6 Å². The first-order valence-electron chi connectivity index (χ1n) is 9.94. The number of fused-ring (bicyclic) bond motifs is 1. The summed E-state index contributed by atoms with van der Waals surface area (Å²) in [5, 5.41) is 4.41. The van der Waals surface area contributed by atoms with Gasteiger partial charge in [0.1, 0.15) is 5.60 Å². The lowest BCUT2D eigenvalue weighted by molar-refractivity contribution is 0.00708. The quantitative estimate of drug-likeness (QED) is 0.395. The van der Waals surface area contributed by atoms with Gasteiger partial charge in [0, 0.05) is 5.39 Å². The van der Waals surface area contributed by atoms with Crippen LogP contribution in [0.5, 0.6) is 0 Å². The molecule has 0 radical (unpaired) electrons. The molecule has 0 unspecified atom stereocenters. The van der Waals surface area contributed by atoms with Crippen LogP contribution in [-0.2, 0) is 4.74 Å². The van der Waals surface area contributed by atoms with Crippen LogP contribution >= 0.6 is 0 Å². The predicted molar refractivity (Wildman–Crippen MR) is 122 cm³/mol. The molecular weight excluding hydrogens is 372 g/mol. The topological polar surface area (TPSA) is 51.2 Å². The lowest BCUT2D eigenvalue weighted by atomic mass is 10.0. The van der Waals surface area contributed by atoms with E-state index in [2.05, 4.69) is 10.3 Å². The maximum Gasteiger partial charge on any atom is 0.340 e. The van der Waals surface area contributed by atoms with Gasteiger partial charge in [0.25, 0.3) is 0 Å². The van der Waals surface area contributed by atoms with Crippen LogP contribution in [0.3, 0.4) is 0 Å². The van der Waals surface area contributed by atoms with Crippen molar-refractivity contribution in [3.05, 3.63) is 90.6 Å². The Morgan fingerprint density at radius 1 is 0.867 bits per heavy atom. The Hall–Kier alpha value is -3.66. The maximum absolute atomic E-state index is 12.9. The zero-order valence-electron chi connectivity index (χ0n) is 17.3. The van der Waals surface area contributed by atoms with Crippen molar-refractivity contribution < 1.29 is 9.53 Å². The summed E-state index contributed by atoms with van der Waals surface area (Å²) in [6.45, 7) is 5.59. The first-order valence-corrected chi connectivity index (χ1v) is 9.94. The monoisotopic (exact) mass is 396 g/mol. The summed E-state index contributed by atoms with van der Waals surface area (Å²) in [6.07, 6.45) is 1.77. The molecule has 0 fully saturated rings. The summed E-state index contributed by atoms with van der Waals surface area (Å²) in [5.41, 5.74) is 4.42. The number of hydrogen-bond acceptors (Lipinski definition) is 4. The van der Waals surface area contributed by atoms with Crippen molar-refractivity contribution in [2.75, 3.05) is 5.32 Å². The van der Waals surface area contributed by atoms with Gasteiger partial charge in [-0.25, -0.2) is 4.79 Å². The number of nitrogens with zero attached hydrogens (tertiary/aromatic N) is 1. The predicted octanol–water partition coefficient (Wildman–Crippen LogP) is 6.60. The number of rotatable bonds is 4. The average molecular weight is 396 g/mol. The van der Waals surface area contributed by atoms with Crippen molar-refractivity contribution in [2.24, 2.45) is 0 Å². The van der Waals surface area contributed by atoms with Gasteiger partial charge in [0.15, 0.2) is 0 Å². The fourth-order valence-corrected chi connectivity index (χ4v) is 3.26. The van der Waals surface area contributed by atoms with Crippen molar-refractivity contribution in [2.45, 2.75) is 26.4 Å². The van der Waals surface area contributed by atoms with Crippen LogP contribution in [0.1, 0.15) is 31.1 Å². The third-order valence-corrected chi connectivity index (χ3v) is 4.61. The molecule has 0 aliphatic carbocycles. The standard InChI is InChI=1S/C26H24N2O2/c1-26(2,3)30-25(29)22-14-13-19(18-9-5-4-6-10-18)16-24(22)28-21-15-20-11-7-8-12-23(20)27-17-21/h4-17,28H,1-3H3. The Kier molecular flexibility index (Phi) is 5.23. The van der Waals surface area contributed by atoms with Crippen LogP contribution in [0.15, 0.2) is 85.1 Å². The highest BCUT2D eigenvalue weighted by atomic mass is 16.6. The molecule has 0 aliphatic rings. The molecule has 4 nitrogen and oxygen atoms in total. The normalized spacial score (nSPS) is 11.3. The smallest absolute Gasteiger partial charge is 0.340 e. The molecule has 0 spiro atoms. The van der Waals surface area contributed by atoms with Gasteiger partial charge in [-0.15, -0.1) is 0 Å². The van der Waals surface area contributed by atoms with Crippen LogP contribution in [0.4, 0.5) is 11.4 Å². The van der Waals surface area contributed by atoms with Crippen LogP contribution in [0.2, 0.25) is 0 Å². The van der Waals surface area contributed by atoms with Gasteiger partial charge in [-0.1, -0.05) is 54.6 Å². The highest BCUT2D eigenvalue weighted by Gasteiger charge is 2.21. The maximum atomic E-state index is 12.9. The second kappa shape index (κ2) is 7.99. The third-order valence-electron chi connectivity index (χ3n) is 4.61. The summed E-state index contributed by atoms with van der Waals surface area (Å²) in [6, 6.07) is 25.8. The first-order chi connectivity index (χ1) is 14.4. The number of nitrogens with one attached hydrogen (secondary N) is 1. The van der Waals surface area contributed by atoms with Crippen LogP contribution in [0.25, 0.3) is 22.0 Å². The fraction of sp³-hybridized carbons (Fsp3) is 0.154. The molecule has 0 saturated heterocycles. The third kappa shape index (κ3) is 4.49. The molecule has 0 amide bonds. The number of carbonyl (C=O) groups is 1. The molecule has 1 heterocycles. The van der Waals surface area contributed by atoms with Crippen LogP contribution in [-0.4, -0.2) is 16.6 Å². The summed E-state index contributed by atoms with van der Waals surface area (Å²) in [7, 11) is 0. The highest BCUT2D eigenvalue weighted by Crippen LogP contribution is 2.30. The summed E-state index contributed by atoms with van der Waals surface area (Å²) < 4.78 is 5.62. The summed E-state index contributed by atoms with van der Waals surface area (Å²) in [5.74, 6) is -0.363. The molecule has 4 heteroatoms. The number of benzene rings is 3. The molecular formula is C26H24N2O2. The molecule has 150 valence electrons. The number of hydrogen-bond donors (Lipinski definition) is 1. The molecule has 1 aromatic heterocycles. The Bertz CT molecular complexity index is 1190. The van der Waals surface area contributed by atoms with E-state index in [1.165, 1.54) is 0 Å². The van der Waals surface area contributed by atoms with Crippen molar-refractivity contribution >= 4 is 28.2 Å². The molecule has 4 aromatic rings. The van der Waals surface area contributed by atoms with Gasteiger partial charge >= 0.3 is 5.97 Å². The number of anilines is 2. The van der Waals surface area contributed by atoms with Gasteiger partial charge < -0.3 is 10.1 Å². The molecule has 0 saturated carbocycles. The molecule has 3 aromatic carbocycles. The largest absolute Gasteiger partial charge is 0.456 e. The van der Waals surface area contributed by atoms with Gasteiger partial charge in [-0.2, -0.15) is 0 Å². The number of ether oxygens (including phenoxy) is 1. The molecule has 0 bridgehead atoms. The van der Waals surface area contributed by atoms with Crippen LogP contribution in [0, 0.1) is 0 Å².